The number of methoxy groups -OCH3 is 1. The van der Waals surface area contributed by atoms with Crippen LogP contribution in [0, 0.1) is 5.92 Å². The minimum atomic E-state index is 0.497. The van der Waals surface area contributed by atoms with E-state index in [1.807, 2.05) is 24.0 Å². The summed E-state index contributed by atoms with van der Waals surface area (Å²) in [6.45, 7) is 1.64. The molecule has 1 unspecified atom stereocenters. The Kier molecular flexibility index (Phi) is 3.38. The number of hydrogen-bond acceptors (Lipinski definition) is 3. The van der Waals surface area contributed by atoms with E-state index in [-0.39, 0.29) is 0 Å². The zero-order valence-corrected chi connectivity index (χ0v) is 9.44. The summed E-state index contributed by atoms with van der Waals surface area (Å²) in [5.74, 6) is 0.814. The van der Waals surface area contributed by atoms with Crippen LogP contribution in [0.4, 0.5) is 0 Å². The van der Waals surface area contributed by atoms with Crippen molar-refractivity contribution >= 4 is 0 Å². The second-order valence-electron chi connectivity index (χ2n) is 4.26. The van der Waals surface area contributed by atoms with Gasteiger partial charge in [0.1, 0.15) is 0 Å². The predicted molar refractivity (Wildman–Crippen MR) is 58.4 cm³/mol. The standard InChI is InChI=1S/C11H19N3O/c1-14-6-5-10(13-14)7-12-11(8-15-2)9-3-4-9/h5-6,9,11-12H,3-4,7-8H2,1-2H3. The largest absolute Gasteiger partial charge is 0.383 e. The van der Waals surface area contributed by atoms with Gasteiger partial charge in [-0.15, -0.1) is 0 Å². The minimum Gasteiger partial charge on any atom is -0.383 e. The first kappa shape index (κ1) is 10.6. The molecule has 1 aromatic rings. The van der Waals surface area contributed by atoms with Crippen molar-refractivity contribution in [3.05, 3.63) is 18.0 Å². The van der Waals surface area contributed by atoms with E-state index in [0.717, 1.165) is 24.8 Å². The first-order chi connectivity index (χ1) is 7.29. The molecule has 0 aromatic carbocycles. The van der Waals surface area contributed by atoms with E-state index in [1.54, 1.807) is 7.11 Å². The van der Waals surface area contributed by atoms with Crippen molar-refractivity contribution in [2.45, 2.75) is 25.4 Å². The Morgan fingerprint density at radius 3 is 3.00 bits per heavy atom. The Morgan fingerprint density at radius 2 is 2.47 bits per heavy atom. The average molecular weight is 209 g/mol. The maximum absolute atomic E-state index is 5.21. The van der Waals surface area contributed by atoms with E-state index in [4.69, 9.17) is 4.74 Å². The summed E-state index contributed by atoms with van der Waals surface area (Å²) in [4.78, 5) is 0. The summed E-state index contributed by atoms with van der Waals surface area (Å²) in [5, 5.41) is 7.85. The van der Waals surface area contributed by atoms with Crippen LogP contribution >= 0.6 is 0 Å². The molecule has 1 fully saturated rings. The van der Waals surface area contributed by atoms with Crippen molar-refractivity contribution in [1.82, 2.24) is 15.1 Å². The summed E-state index contributed by atoms with van der Waals surface area (Å²) >= 11 is 0. The highest BCUT2D eigenvalue weighted by Crippen LogP contribution is 2.32. The molecule has 15 heavy (non-hydrogen) atoms. The third-order valence-electron chi connectivity index (χ3n) is 2.85. The van der Waals surface area contributed by atoms with E-state index in [2.05, 4.69) is 10.4 Å². The Morgan fingerprint density at radius 1 is 1.67 bits per heavy atom. The van der Waals surface area contributed by atoms with Gasteiger partial charge in [0.15, 0.2) is 0 Å². The second-order valence-corrected chi connectivity index (χ2v) is 4.26. The number of hydrogen-bond donors (Lipinski definition) is 1. The van der Waals surface area contributed by atoms with Crippen LogP contribution in [-0.4, -0.2) is 29.5 Å². The molecular formula is C11H19N3O. The monoisotopic (exact) mass is 209 g/mol. The predicted octanol–water partition coefficient (Wildman–Crippen LogP) is 0.935. The topological polar surface area (TPSA) is 39.1 Å². The fourth-order valence-corrected chi connectivity index (χ4v) is 1.83. The Bertz CT molecular complexity index is 307. The minimum absolute atomic E-state index is 0.497. The van der Waals surface area contributed by atoms with Crippen LogP contribution in [0.2, 0.25) is 0 Å². The molecule has 0 amide bonds. The fourth-order valence-electron chi connectivity index (χ4n) is 1.83. The fraction of sp³-hybridized carbons (Fsp3) is 0.727. The molecule has 0 bridgehead atoms. The summed E-state index contributed by atoms with van der Waals surface area (Å²) in [7, 11) is 3.70. The highest BCUT2D eigenvalue weighted by molar-refractivity contribution is 4.99. The van der Waals surface area contributed by atoms with E-state index in [0.29, 0.717) is 6.04 Å². The molecule has 2 rings (SSSR count). The third-order valence-corrected chi connectivity index (χ3v) is 2.85. The normalized spacial score (nSPS) is 18.0. The van der Waals surface area contributed by atoms with Crippen molar-refractivity contribution in [3.63, 3.8) is 0 Å². The third kappa shape index (κ3) is 3.04. The molecule has 0 saturated heterocycles. The van der Waals surface area contributed by atoms with E-state index in [1.165, 1.54) is 12.8 Å². The first-order valence-electron chi connectivity index (χ1n) is 5.50. The molecule has 1 aliphatic rings. The molecule has 1 heterocycles. The van der Waals surface area contributed by atoms with Crippen LogP contribution in [0.1, 0.15) is 18.5 Å². The van der Waals surface area contributed by atoms with E-state index >= 15 is 0 Å². The molecule has 0 spiro atoms. The van der Waals surface area contributed by atoms with Crippen molar-refractivity contribution in [1.29, 1.82) is 0 Å². The molecule has 4 nitrogen and oxygen atoms in total. The van der Waals surface area contributed by atoms with Gasteiger partial charge < -0.3 is 10.1 Å². The molecular weight excluding hydrogens is 190 g/mol. The van der Waals surface area contributed by atoms with Crippen molar-refractivity contribution in [2.75, 3.05) is 13.7 Å². The Hall–Kier alpha value is -0.870. The number of ether oxygens (including phenoxy) is 1. The number of nitrogens with one attached hydrogen (secondary N) is 1. The number of aromatic nitrogens is 2. The Labute approximate surface area is 90.6 Å². The van der Waals surface area contributed by atoms with Gasteiger partial charge in [-0.2, -0.15) is 5.10 Å². The maximum atomic E-state index is 5.21. The Balaban J connectivity index is 1.79. The van der Waals surface area contributed by atoms with Crippen LogP contribution in [0.3, 0.4) is 0 Å². The SMILES string of the molecule is COCC(NCc1ccn(C)n1)C1CC1. The van der Waals surface area contributed by atoms with Gasteiger partial charge in [0, 0.05) is 32.9 Å². The lowest BCUT2D eigenvalue weighted by atomic mass is 10.2. The smallest absolute Gasteiger partial charge is 0.0762 e. The highest BCUT2D eigenvalue weighted by atomic mass is 16.5. The summed E-state index contributed by atoms with van der Waals surface area (Å²) in [6.07, 6.45) is 4.64. The maximum Gasteiger partial charge on any atom is 0.0762 e. The molecule has 1 N–H and O–H groups in total. The van der Waals surface area contributed by atoms with Crippen LogP contribution in [0.25, 0.3) is 0 Å². The van der Waals surface area contributed by atoms with Gasteiger partial charge >= 0.3 is 0 Å². The van der Waals surface area contributed by atoms with Gasteiger partial charge in [-0.1, -0.05) is 0 Å². The lowest BCUT2D eigenvalue weighted by Gasteiger charge is -2.16. The lowest BCUT2D eigenvalue weighted by molar-refractivity contribution is 0.156. The van der Waals surface area contributed by atoms with Gasteiger partial charge in [0.25, 0.3) is 0 Å². The van der Waals surface area contributed by atoms with Crippen molar-refractivity contribution in [3.8, 4) is 0 Å². The zero-order chi connectivity index (χ0) is 10.7. The number of rotatable bonds is 6. The summed E-state index contributed by atoms with van der Waals surface area (Å²) in [6, 6.07) is 2.54. The molecule has 84 valence electrons. The van der Waals surface area contributed by atoms with E-state index in [9.17, 15) is 0 Å². The van der Waals surface area contributed by atoms with Gasteiger partial charge in [-0.3, -0.25) is 4.68 Å². The van der Waals surface area contributed by atoms with Crippen LogP contribution < -0.4 is 5.32 Å². The molecule has 4 heteroatoms. The first-order valence-corrected chi connectivity index (χ1v) is 5.50. The lowest BCUT2D eigenvalue weighted by Crippen LogP contribution is -2.34. The van der Waals surface area contributed by atoms with Gasteiger partial charge in [-0.05, 0) is 24.8 Å². The van der Waals surface area contributed by atoms with Crippen LogP contribution in [0.15, 0.2) is 12.3 Å². The van der Waals surface area contributed by atoms with Gasteiger partial charge in [0.2, 0.25) is 0 Å². The molecule has 0 radical (unpaired) electrons. The molecule has 1 aliphatic carbocycles. The highest BCUT2D eigenvalue weighted by Gasteiger charge is 2.30. The molecule has 1 atom stereocenters. The second kappa shape index (κ2) is 4.77. The van der Waals surface area contributed by atoms with Crippen LogP contribution in [0.5, 0.6) is 0 Å². The number of aryl methyl sites for hydroxylation is 1. The van der Waals surface area contributed by atoms with Gasteiger partial charge in [0.05, 0.1) is 12.3 Å². The van der Waals surface area contributed by atoms with E-state index < -0.39 is 0 Å². The van der Waals surface area contributed by atoms with Crippen molar-refractivity contribution < 1.29 is 4.74 Å². The number of nitrogens with zero attached hydrogens (tertiary/aromatic N) is 2. The van der Waals surface area contributed by atoms with Crippen molar-refractivity contribution in [2.24, 2.45) is 13.0 Å². The molecule has 1 aromatic heterocycles. The average Bonchev–Trinajstić information content (AvgIpc) is 2.97. The molecule has 1 saturated carbocycles. The van der Waals surface area contributed by atoms with Crippen LogP contribution in [-0.2, 0) is 18.3 Å². The summed E-state index contributed by atoms with van der Waals surface area (Å²) < 4.78 is 7.04. The quantitative estimate of drug-likeness (QED) is 0.757. The summed E-state index contributed by atoms with van der Waals surface area (Å²) in [5.41, 5.74) is 1.10. The van der Waals surface area contributed by atoms with Gasteiger partial charge in [-0.25, -0.2) is 0 Å². The zero-order valence-electron chi connectivity index (χ0n) is 9.44. The molecule has 0 aliphatic heterocycles.